The molecule has 0 aromatic heterocycles. The summed E-state index contributed by atoms with van der Waals surface area (Å²) in [6.45, 7) is 7.44. The molecule has 0 saturated carbocycles. The number of carbonyl (C=O) groups is 3. The van der Waals surface area contributed by atoms with Crippen LogP contribution in [0.25, 0.3) is 11.1 Å². The molecule has 1 atom stereocenters. The number of amides is 2. The Labute approximate surface area is 215 Å². The Bertz CT molecular complexity index is 1230. The van der Waals surface area contributed by atoms with Gasteiger partial charge in [-0.25, -0.2) is 8.78 Å². The second kappa shape index (κ2) is 13.9. The third-order valence-corrected chi connectivity index (χ3v) is 5.36. The molecule has 3 N–H and O–H groups in total. The number of benzene rings is 3. The molecule has 0 bridgehead atoms. The first-order chi connectivity index (χ1) is 17.6. The number of hydrogen-bond acceptors (Lipinski definition) is 3. The van der Waals surface area contributed by atoms with Gasteiger partial charge in [0.05, 0.1) is 19.0 Å². The van der Waals surface area contributed by atoms with Crippen LogP contribution in [0.1, 0.15) is 59.8 Å². The van der Waals surface area contributed by atoms with Crippen molar-refractivity contribution in [3.05, 3.63) is 94.6 Å². The van der Waals surface area contributed by atoms with Gasteiger partial charge < -0.3 is 15.7 Å². The van der Waals surface area contributed by atoms with Gasteiger partial charge in [-0.05, 0) is 60.4 Å². The second-order valence-corrected chi connectivity index (χ2v) is 8.60. The second-order valence-electron chi connectivity index (χ2n) is 8.60. The Morgan fingerprint density at radius 1 is 0.919 bits per heavy atom. The molecule has 0 heterocycles. The zero-order valence-electron chi connectivity index (χ0n) is 21.4. The van der Waals surface area contributed by atoms with Crippen molar-refractivity contribution >= 4 is 17.8 Å². The van der Waals surface area contributed by atoms with Crippen LogP contribution in [0, 0.1) is 25.5 Å². The molecule has 196 valence electrons. The molecule has 0 fully saturated rings. The molecule has 3 rings (SSSR count). The lowest BCUT2D eigenvalue weighted by molar-refractivity contribution is -0.137. The fraction of sp³-hybridized carbons (Fsp3) is 0.276. The van der Waals surface area contributed by atoms with Gasteiger partial charge in [-0.2, -0.15) is 0 Å². The fourth-order valence-electron chi connectivity index (χ4n) is 3.79. The monoisotopic (exact) mass is 510 g/mol. The summed E-state index contributed by atoms with van der Waals surface area (Å²) >= 11 is 0. The molecule has 0 aliphatic heterocycles. The normalized spacial score (nSPS) is 11.1. The SMILES string of the molecule is CCC.Cc1cccc(C)c1-c1cc(F)c(F)c(C(CC(=O)O)NC(=O)CNC(=O)c2ccccc2)c1. The highest BCUT2D eigenvalue weighted by Crippen LogP contribution is 2.32. The van der Waals surface area contributed by atoms with Crippen molar-refractivity contribution in [2.45, 2.75) is 46.6 Å². The summed E-state index contributed by atoms with van der Waals surface area (Å²) < 4.78 is 29.4. The lowest BCUT2D eigenvalue weighted by atomic mass is 9.92. The van der Waals surface area contributed by atoms with Gasteiger partial charge >= 0.3 is 5.97 Å². The van der Waals surface area contributed by atoms with Crippen LogP contribution in [0.3, 0.4) is 0 Å². The van der Waals surface area contributed by atoms with Gasteiger partial charge in [0.25, 0.3) is 5.91 Å². The van der Waals surface area contributed by atoms with Crippen LogP contribution in [-0.4, -0.2) is 29.4 Å². The van der Waals surface area contributed by atoms with E-state index in [9.17, 15) is 28.3 Å². The van der Waals surface area contributed by atoms with Crippen LogP contribution in [-0.2, 0) is 9.59 Å². The van der Waals surface area contributed by atoms with Gasteiger partial charge in [0.1, 0.15) is 0 Å². The number of hydrogen-bond donors (Lipinski definition) is 3. The molecule has 3 aromatic carbocycles. The molecule has 3 aromatic rings. The van der Waals surface area contributed by atoms with E-state index in [0.29, 0.717) is 16.7 Å². The minimum Gasteiger partial charge on any atom is -0.481 e. The fourth-order valence-corrected chi connectivity index (χ4v) is 3.79. The Hall–Kier alpha value is -4.07. The molecular formula is C29H32F2N2O4. The smallest absolute Gasteiger partial charge is 0.305 e. The van der Waals surface area contributed by atoms with Gasteiger partial charge in [0, 0.05) is 11.1 Å². The van der Waals surface area contributed by atoms with E-state index >= 15 is 0 Å². The van der Waals surface area contributed by atoms with Crippen molar-refractivity contribution < 1.29 is 28.3 Å². The Kier molecular flexibility index (Phi) is 10.9. The summed E-state index contributed by atoms with van der Waals surface area (Å²) in [6.07, 6.45) is 0.574. The summed E-state index contributed by atoms with van der Waals surface area (Å²) in [4.78, 5) is 36.1. The van der Waals surface area contributed by atoms with E-state index in [0.717, 1.165) is 17.2 Å². The summed E-state index contributed by atoms with van der Waals surface area (Å²) in [7, 11) is 0. The van der Waals surface area contributed by atoms with E-state index in [-0.39, 0.29) is 5.56 Å². The number of halogens is 2. The summed E-state index contributed by atoms with van der Waals surface area (Å²) in [5, 5.41) is 14.1. The van der Waals surface area contributed by atoms with Crippen LogP contribution in [0.4, 0.5) is 8.78 Å². The van der Waals surface area contributed by atoms with Crippen molar-refractivity contribution in [2.24, 2.45) is 0 Å². The van der Waals surface area contributed by atoms with Crippen molar-refractivity contribution in [3.63, 3.8) is 0 Å². The maximum Gasteiger partial charge on any atom is 0.305 e. The number of nitrogens with one attached hydrogen (secondary N) is 2. The molecular weight excluding hydrogens is 478 g/mol. The average Bonchev–Trinajstić information content (AvgIpc) is 2.85. The highest BCUT2D eigenvalue weighted by molar-refractivity contribution is 5.96. The number of rotatable bonds is 8. The van der Waals surface area contributed by atoms with Crippen molar-refractivity contribution in [1.82, 2.24) is 10.6 Å². The van der Waals surface area contributed by atoms with Crippen molar-refractivity contribution in [3.8, 4) is 11.1 Å². The van der Waals surface area contributed by atoms with Crippen LogP contribution in [0.5, 0.6) is 0 Å². The largest absolute Gasteiger partial charge is 0.481 e. The lowest BCUT2D eigenvalue weighted by Crippen LogP contribution is -2.39. The van der Waals surface area contributed by atoms with E-state index in [1.165, 1.54) is 12.5 Å². The standard InChI is InChI=1S/C26H24F2N2O4.C3H8/c1-15-7-6-8-16(2)24(15)18-11-19(25(28)20(27)12-18)21(13-23(32)33)30-22(31)14-29-26(34)17-9-4-3-5-10-17;1-3-2/h3-12,21H,13-14H2,1-2H3,(H,29,34)(H,30,31)(H,32,33);3H2,1-2H3. The first kappa shape index (κ1) is 29.2. The number of aliphatic carboxylic acids is 1. The molecule has 0 aliphatic rings. The number of carboxylic acids is 1. The van der Waals surface area contributed by atoms with E-state index in [4.69, 9.17) is 0 Å². The third-order valence-electron chi connectivity index (χ3n) is 5.36. The van der Waals surface area contributed by atoms with Gasteiger partial charge in [-0.3, -0.25) is 14.4 Å². The average molecular weight is 511 g/mol. The molecule has 37 heavy (non-hydrogen) atoms. The molecule has 0 aliphatic carbocycles. The quantitative estimate of drug-likeness (QED) is 0.361. The van der Waals surface area contributed by atoms with Crippen molar-refractivity contribution in [1.29, 1.82) is 0 Å². The topological polar surface area (TPSA) is 95.5 Å². The summed E-state index contributed by atoms with van der Waals surface area (Å²) in [6, 6.07) is 14.7. The maximum absolute atomic E-state index is 14.8. The van der Waals surface area contributed by atoms with E-state index < -0.39 is 48.4 Å². The van der Waals surface area contributed by atoms with E-state index in [1.807, 2.05) is 32.0 Å². The van der Waals surface area contributed by atoms with Crippen LogP contribution in [0.15, 0.2) is 60.7 Å². The minimum absolute atomic E-state index is 0.289. The molecule has 8 heteroatoms. The zero-order chi connectivity index (χ0) is 27.5. The Balaban J connectivity index is 0.00000153. The van der Waals surface area contributed by atoms with E-state index in [2.05, 4.69) is 24.5 Å². The Morgan fingerprint density at radius 2 is 1.51 bits per heavy atom. The maximum atomic E-state index is 14.8. The van der Waals surface area contributed by atoms with E-state index in [1.54, 1.807) is 30.3 Å². The lowest BCUT2D eigenvalue weighted by Gasteiger charge is -2.20. The molecule has 0 saturated heterocycles. The van der Waals surface area contributed by atoms with Crippen LogP contribution in [0.2, 0.25) is 0 Å². The number of aryl methyl sites for hydroxylation is 2. The molecule has 0 radical (unpaired) electrons. The highest BCUT2D eigenvalue weighted by atomic mass is 19.2. The summed E-state index contributed by atoms with van der Waals surface area (Å²) in [5.74, 6) is -4.95. The van der Waals surface area contributed by atoms with Crippen molar-refractivity contribution in [2.75, 3.05) is 6.54 Å². The third kappa shape index (κ3) is 8.24. The zero-order valence-corrected chi connectivity index (χ0v) is 21.4. The molecule has 0 spiro atoms. The van der Waals surface area contributed by atoms with Gasteiger partial charge in [-0.15, -0.1) is 0 Å². The Morgan fingerprint density at radius 3 is 2.08 bits per heavy atom. The predicted octanol–water partition coefficient (Wildman–Crippen LogP) is 5.73. The predicted molar refractivity (Wildman–Crippen MR) is 139 cm³/mol. The number of carboxylic acid groups (broad SMARTS) is 1. The molecule has 1 unspecified atom stereocenters. The number of carbonyl (C=O) groups excluding carboxylic acids is 2. The molecule has 6 nitrogen and oxygen atoms in total. The summed E-state index contributed by atoms with van der Waals surface area (Å²) in [5.41, 5.74) is 2.78. The van der Waals surface area contributed by atoms with Crippen LogP contribution >= 0.6 is 0 Å². The highest BCUT2D eigenvalue weighted by Gasteiger charge is 2.25. The van der Waals surface area contributed by atoms with Gasteiger partial charge in [0.2, 0.25) is 5.91 Å². The van der Waals surface area contributed by atoms with Gasteiger partial charge in [0.15, 0.2) is 11.6 Å². The minimum atomic E-state index is -1.35. The van der Waals surface area contributed by atoms with Crippen LogP contribution < -0.4 is 10.6 Å². The van der Waals surface area contributed by atoms with Gasteiger partial charge in [-0.1, -0.05) is 56.7 Å². The first-order valence-corrected chi connectivity index (χ1v) is 12.0. The first-order valence-electron chi connectivity index (χ1n) is 12.0. The molecule has 2 amide bonds.